The van der Waals surface area contributed by atoms with E-state index in [-0.39, 0.29) is 40.6 Å². The molecule has 4 heterocycles. The lowest BCUT2D eigenvalue weighted by molar-refractivity contribution is 0.0617. The Labute approximate surface area is 289 Å². The zero-order valence-corrected chi connectivity index (χ0v) is 29.7. The zero-order chi connectivity index (χ0) is 34.8. The van der Waals surface area contributed by atoms with E-state index < -0.39 is 16.0 Å². The molecule has 1 saturated carbocycles. The van der Waals surface area contributed by atoms with E-state index in [1.807, 2.05) is 20.8 Å². The van der Waals surface area contributed by atoms with Gasteiger partial charge in [-0.05, 0) is 103 Å². The highest BCUT2D eigenvalue weighted by molar-refractivity contribution is 7.87. The predicted molar refractivity (Wildman–Crippen MR) is 184 cm³/mol. The molecule has 2 aromatic rings. The minimum Gasteiger partial charge on any atom is -0.451 e. The molecule has 1 aromatic carbocycles. The molecule has 266 valence electrons. The van der Waals surface area contributed by atoms with E-state index in [2.05, 4.69) is 30.6 Å². The number of hydrogen-bond acceptors (Lipinski definition) is 9. The Morgan fingerprint density at radius 1 is 1.14 bits per heavy atom. The molecule has 4 aliphatic rings. The lowest BCUT2D eigenvalue weighted by Crippen LogP contribution is -2.61. The fraction of sp³-hybridized carbons (Fsp3) is 0.657. The third-order valence-electron chi connectivity index (χ3n) is 10.9. The van der Waals surface area contributed by atoms with Crippen LogP contribution in [0.15, 0.2) is 30.7 Å². The van der Waals surface area contributed by atoms with Crippen LogP contribution in [0.2, 0.25) is 0 Å². The maximum absolute atomic E-state index is 14.3. The molecule has 1 unspecified atom stereocenters. The minimum atomic E-state index is -3.54. The smallest absolute Gasteiger partial charge is 0.279 e. The summed E-state index contributed by atoms with van der Waals surface area (Å²) in [4.78, 5) is 28.5. The highest BCUT2D eigenvalue weighted by Gasteiger charge is 2.46. The number of benzene rings is 1. The van der Waals surface area contributed by atoms with Crippen LogP contribution >= 0.6 is 0 Å². The third kappa shape index (κ3) is 8.01. The Hall–Kier alpha value is -3.38. The van der Waals surface area contributed by atoms with E-state index in [9.17, 15) is 17.6 Å². The van der Waals surface area contributed by atoms with Gasteiger partial charge in [-0.25, -0.2) is 14.4 Å². The van der Waals surface area contributed by atoms with Gasteiger partial charge >= 0.3 is 0 Å². The number of nitrogens with zero attached hydrogens (tertiary/aromatic N) is 7. The van der Waals surface area contributed by atoms with Gasteiger partial charge in [0.2, 0.25) is 0 Å². The molecule has 0 radical (unpaired) electrons. The van der Waals surface area contributed by atoms with Crippen molar-refractivity contribution in [3.63, 3.8) is 0 Å². The second kappa shape index (κ2) is 14.8. The van der Waals surface area contributed by atoms with E-state index in [1.165, 1.54) is 28.8 Å². The Balaban J connectivity index is 0.986. The van der Waals surface area contributed by atoms with E-state index in [0.717, 1.165) is 71.2 Å². The summed E-state index contributed by atoms with van der Waals surface area (Å²) in [6, 6.07) is 6.12. The number of anilines is 1. The molecule has 1 atom stereocenters. The normalized spacial score (nSPS) is 24.5. The number of amides is 1. The number of nitriles is 1. The van der Waals surface area contributed by atoms with Crippen molar-refractivity contribution in [2.75, 3.05) is 57.3 Å². The summed E-state index contributed by atoms with van der Waals surface area (Å²) in [6.45, 7) is 11.8. The quantitative estimate of drug-likeness (QED) is 0.362. The fourth-order valence-electron chi connectivity index (χ4n) is 8.00. The summed E-state index contributed by atoms with van der Waals surface area (Å²) in [5.74, 6) is 0.954. The largest absolute Gasteiger partial charge is 0.451 e. The molecule has 3 saturated heterocycles. The maximum atomic E-state index is 14.3. The molecule has 1 amide bonds. The SMILES string of the molecule is CCN(C(=O)c1cc(F)ccc1Oc1cncnc1N1CC2(CCN(C[C@H]3CC[C@H](NS(=O)(=O)N4CCC(C#N)C4)CC3)CC2)C1)C(C)C. The lowest BCUT2D eigenvalue weighted by atomic mass is 9.71. The Morgan fingerprint density at radius 2 is 1.88 bits per heavy atom. The monoisotopic (exact) mass is 696 g/mol. The fourth-order valence-corrected chi connectivity index (χ4v) is 9.53. The van der Waals surface area contributed by atoms with Gasteiger partial charge in [0.15, 0.2) is 11.6 Å². The number of nitrogens with one attached hydrogen (secondary N) is 1. The first kappa shape index (κ1) is 35.4. The second-order valence-electron chi connectivity index (χ2n) is 14.6. The van der Waals surface area contributed by atoms with Crippen molar-refractivity contribution < 1.29 is 22.3 Å². The highest BCUT2D eigenvalue weighted by Crippen LogP contribution is 2.45. The third-order valence-corrected chi connectivity index (χ3v) is 12.5. The van der Waals surface area contributed by atoms with E-state index in [0.29, 0.717) is 43.5 Å². The molecule has 1 aliphatic carbocycles. The van der Waals surface area contributed by atoms with Gasteiger partial charge in [-0.3, -0.25) is 4.79 Å². The van der Waals surface area contributed by atoms with Crippen LogP contribution in [0.5, 0.6) is 11.5 Å². The van der Waals surface area contributed by atoms with Crippen molar-refractivity contribution in [3.05, 3.63) is 42.1 Å². The van der Waals surface area contributed by atoms with Gasteiger partial charge < -0.3 is 19.4 Å². The van der Waals surface area contributed by atoms with Crippen molar-refractivity contribution in [1.82, 2.24) is 28.8 Å². The van der Waals surface area contributed by atoms with Gasteiger partial charge in [-0.2, -0.15) is 22.7 Å². The van der Waals surface area contributed by atoms with Gasteiger partial charge in [-0.1, -0.05) is 0 Å². The summed E-state index contributed by atoms with van der Waals surface area (Å²) < 4.78 is 50.5. The zero-order valence-electron chi connectivity index (χ0n) is 28.9. The number of hydrogen-bond donors (Lipinski definition) is 1. The summed E-state index contributed by atoms with van der Waals surface area (Å²) in [5, 5.41) is 9.13. The van der Waals surface area contributed by atoms with Gasteiger partial charge in [-0.15, -0.1) is 0 Å². The molecule has 49 heavy (non-hydrogen) atoms. The van der Waals surface area contributed by atoms with Crippen molar-refractivity contribution in [2.24, 2.45) is 17.3 Å². The first-order chi connectivity index (χ1) is 23.5. The van der Waals surface area contributed by atoms with Crippen LogP contribution in [0, 0.1) is 34.4 Å². The molecular formula is C35H49FN8O4S. The summed E-state index contributed by atoms with van der Waals surface area (Å²) in [7, 11) is -3.54. The van der Waals surface area contributed by atoms with E-state index in [1.54, 1.807) is 11.1 Å². The van der Waals surface area contributed by atoms with Crippen molar-refractivity contribution >= 4 is 21.9 Å². The van der Waals surface area contributed by atoms with Crippen LogP contribution in [0.1, 0.15) is 76.1 Å². The molecule has 1 spiro atoms. The Bertz CT molecular complexity index is 1630. The van der Waals surface area contributed by atoms with Gasteiger partial charge in [0.05, 0.1) is 23.7 Å². The Morgan fingerprint density at radius 3 is 2.53 bits per heavy atom. The van der Waals surface area contributed by atoms with Crippen molar-refractivity contribution in [2.45, 2.75) is 77.8 Å². The topological polar surface area (TPSA) is 135 Å². The standard InChI is InChI=1S/C35H49FN8O4S/c1-4-44(25(2)3)34(45)30-17-28(36)7-10-31(30)48-32-19-38-24-39-33(32)42-22-35(23-42)12-15-41(16-13-35)20-26-5-8-29(9-6-26)40-49(46,47)43-14-11-27(18-37)21-43/h7,10,17,19,24-27,29,40H,4-6,8-9,11-16,20-23H2,1-3H3/t26-,27?,29-. The number of piperidine rings is 1. The molecule has 4 fully saturated rings. The number of ether oxygens (including phenoxy) is 1. The summed E-state index contributed by atoms with van der Waals surface area (Å²) in [5.41, 5.74) is 0.384. The molecule has 0 bridgehead atoms. The van der Waals surface area contributed by atoms with E-state index in [4.69, 9.17) is 10.00 Å². The van der Waals surface area contributed by atoms with Gasteiger partial charge in [0, 0.05) is 56.8 Å². The molecule has 6 rings (SSSR count). The molecule has 1 N–H and O–H groups in total. The highest BCUT2D eigenvalue weighted by atomic mass is 32.2. The number of aromatic nitrogens is 2. The first-order valence-electron chi connectivity index (χ1n) is 17.7. The van der Waals surface area contributed by atoms with Crippen LogP contribution in [0.4, 0.5) is 10.2 Å². The number of rotatable bonds is 11. The van der Waals surface area contributed by atoms with E-state index >= 15 is 0 Å². The molecular weight excluding hydrogens is 648 g/mol. The number of carbonyl (C=O) groups is 1. The number of halogens is 1. The second-order valence-corrected chi connectivity index (χ2v) is 16.3. The van der Waals surface area contributed by atoms with Gasteiger partial charge in [0.25, 0.3) is 16.1 Å². The molecule has 1 aromatic heterocycles. The van der Waals surface area contributed by atoms with Gasteiger partial charge in [0.1, 0.15) is 17.9 Å². The average Bonchev–Trinajstić information content (AvgIpc) is 3.57. The molecule has 14 heteroatoms. The predicted octanol–water partition coefficient (Wildman–Crippen LogP) is 4.42. The van der Waals surface area contributed by atoms with Crippen LogP contribution in [0.3, 0.4) is 0 Å². The Kier molecular flexibility index (Phi) is 10.7. The summed E-state index contributed by atoms with van der Waals surface area (Å²) >= 11 is 0. The number of carbonyl (C=O) groups excluding carboxylic acids is 1. The molecule has 3 aliphatic heterocycles. The van der Waals surface area contributed by atoms with Crippen LogP contribution in [-0.2, 0) is 10.2 Å². The summed E-state index contributed by atoms with van der Waals surface area (Å²) in [6.07, 6.45) is 9.60. The lowest BCUT2D eigenvalue weighted by Gasteiger charge is -2.54. The maximum Gasteiger partial charge on any atom is 0.279 e. The molecule has 12 nitrogen and oxygen atoms in total. The van der Waals surface area contributed by atoms with Crippen LogP contribution in [-0.4, -0.2) is 103 Å². The number of likely N-dealkylation sites (tertiary alicyclic amines) is 1. The van der Waals surface area contributed by atoms with Crippen LogP contribution < -0.4 is 14.4 Å². The van der Waals surface area contributed by atoms with Crippen molar-refractivity contribution in [3.8, 4) is 17.6 Å². The van der Waals surface area contributed by atoms with Crippen LogP contribution in [0.25, 0.3) is 0 Å². The average molecular weight is 697 g/mol. The van der Waals surface area contributed by atoms with Crippen molar-refractivity contribution in [1.29, 1.82) is 5.26 Å². The first-order valence-corrected chi connectivity index (χ1v) is 19.2. The minimum absolute atomic E-state index is 0.0372.